The summed E-state index contributed by atoms with van der Waals surface area (Å²) >= 11 is 0. The molecular weight excluding hydrogens is 250 g/mol. The summed E-state index contributed by atoms with van der Waals surface area (Å²) in [6, 6.07) is 18.4. The summed E-state index contributed by atoms with van der Waals surface area (Å²) in [6.45, 7) is 1.39. The van der Waals surface area contributed by atoms with E-state index in [-0.39, 0.29) is 6.61 Å². The molecule has 3 rings (SSSR count). The molecule has 1 aromatic heterocycles. The summed E-state index contributed by atoms with van der Waals surface area (Å²) < 4.78 is 5.45. The predicted molar refractivity (Wildman–Crippen MR) is 79.1 cm³/mol. The maximum atomic E-state index is 8.96. The highest BCUT2D eigenvalue weighted by molar-refractivity contribution is 5.85. The average molecular weight is 267 g/mol. The van der Waals surface area contributed by atoms with Gasteiger partial charge in [0.2, 0.25) is 0 Å². The zero-order valence-corrected chi connectivity index (χ0v) is 11.2. The number of benzene rings is 2. The number of hydrogen-bond donors (Lipinski definition) is 2. The highest BCUT2D eigenvalue weighted by Gasteiger charge is 2.02. The number of furan rings is 1. The topological polar surface area (TPSA) is 45.4 Å². The van der Waals surface area contributed by atoms with Crippen LogP contribution in [0.4, 0.5) is 0 Å². The first kappa shape index (κ1) is 12.9. The fourth-order valence-electron chi connectivity index (χ4n) is 2.37. The molecule has 2 aromatic carbocycles. The second-order valence-corrected chi connectivity index (χ2v) is 4.77. The molecule has 102 valence electrons. The highest BCUT2D eigenvalue weighted by Crippen LogP contribution is 2.18. The number of nitrogens with one attached hydrogen (secondary N) is 1. The molecule has 0 saturated heterocycles. The van der Waals surface area contributed by atoms with Gasteiger partial charge >= 0.3 is 0 Å². The Morgan fingerprint density at radius 3 is 2.50 bits per heavy atom. The van der Waals surface area contributed by atoms with E-state index in [0.29, 0.717) is 12.3 Å². The van der Waals surface area contributed by atoms with Crippen molar-refractivity contribution < 1.29 is 9.52 Å². The van der Waals surface area contributed by atoms with Gasteiger partial charge in [-0.05, 0) is 28.5 Å². The SMILES string of the molecule is OCc1ccc(CNCc2cccc3ccccc23)o1. The van der Waals surface area contributed by atoms with Gasteiger partial charge in [0, 0.05) is 6.54 Å². The molecule has 2 N–H and O–H groups in total. The van der Waals surface area contributed by atoms with E-state index >= 15 is 0 Å². The quantitative estimate of drug-likeness (QED) is 0.746. The Morgan fingerprint density at radius 1 is 0.850 bits per heavy atom. The number of aliphatic hydroxyl groups is 1. The maximum absolute atomic E-state index is 8.96. The molecular formula is C17H17NO2. The molecule has 0 aliphatic heterocycles. The summed E-state index contributed by atoms with van der Waals surface area (Å²) in [7, 11) is 0. The van der Waals surface area contributed by atoms with Gasteiger partial charge in [-0.2, -0.15) is 0 Å². The smallest absolute Gasteiger partial charge is 0.129 e. The molecule has 0 amide bonds. The Kier molecular flexibility index (Phi) is 3.81. The van der Waals surface area contributed by atoms with Crippen LogP contribution in [0.3, 0.4) is 0 Å². The fourth-order valence-corrected chi connectivity index (χ4v) is 2.37. The molecule has 20 heavy (non-hydrogen) atoms. The first-order chi connectivity index (χ1) is 9.86. The van der Waals surface area contributed by atoms with Crippen molar-refractivity contribution in [2.75, 3.05) is 0 Å². The molecule has 0 radical (unpaired) electrons. The monoisotopic (exact) mass is 267 g/mol. The lowest BCUT2D eigenvalue weighted by Gasteiger charge is -2.07. The molecule has 0 spiro atoms. The first-order valence-corrected chi connectivity index (χ1v) is 6.72. The third-order valence-electron chi connectivity index (χ3n) is 3.37. The summed E-state index contributed by atoms with van der Waals surface area (Å²) in [5.41, 5.74) is 1.28. The third-order valence-corrected chi connectivity index (χ3v) is 3.37. The van der Waals surface area contributed by atoms with Crippen LogP contribution in [0.2, 0.25) is 0 Å². The van der Waals surface area contributed by atoms with Crippen LogP contribution >= 0.6 is 0 Å². The van der Waals surface area contributed by atoms with Crippen LogP contribution in [0.5, 0.6) is 0 Å². The van der Waals surface area contributed by atoms with Crippen molar-refractivity contribution in [1.29, 1.82) is 0 Å². The molecule has 0 bridgehead atoms. The van der Waals surface area contributed by atoms with E-state index in [0.717, 1.165) is 12.3 Å². The zero-order chi connectivity index (χ0) is 13.8. The fraction of sp³-hybridized carbons (Fsp3) is 0.176. The molecule has 3 nitrogen and oxygen atoms in total. The average Bonchev–Trinajstić information content (AvgIpc) is 2.95. The van der Waals surface area contributed by atoms with Crippen molar-refractivity contribution in [3.8, 4) is 0 Å². The number of aliphatic hydroxyl groups excluding tert-OH is 1. The van der Waals surface area contributed by atoms with E-state index in [4.69, 9.17) is 9.52 Å². The van der Waals surface area contributed by atoms with Gasteiger partial charge in [0.05, 0.1) is 6.54 Å². The van der Waals surface area contributed by atoms with E-state index in [1.54, 1.807) is 6.07 Å². The number of hydrogen-bond acceptors (Lipinski definition) is 3. The molecule has 0 saturated carbocycles. The van der Waals surface area contributed by atoms with Crippen LogP contribution in [-0.2, 0) is 19.7 Å². The largest absolute Gasteiger partial charge is 0.462 e. The van der Waals surface area contributed by atoms with Crippen molar-refractivity contribution in [2.24, 2.45) is 0 Å². The van der Waals surface area contributed by atoms with Gasteiger partial charge in [0.25, 0.3) is 0 Å². The minimum Gasteiger partial charge on any atom is -0.462 e. The molecule has 0 aliphatic rings. The van der Waals surface area contributed by atoms with Crippen molar-refractivity contribution in [3.05, 3.63) is 71.7 Å². The van der Waals surface area contributed by atoms with Gasteiger partial charge < -0.3 is 14.8 Å². The van der Waals surface area contributed by atoms with Crippen LogP contribution in [0.15, 0.2) is 59.0 Å². The second-order valence-electron chi connectivity index (χ2n) is 4.77. The Balaban J connectivity index is 1.68. The lowest BCUT2D eigenvalue weighted by atomic mass is 10.0. The van der Waals surface area contributed by atoms with Crippen LogP contribution in [-0.4, -0.2) is 5.11 Å². The first-order valence-electron chi connectivity index (χ1n) is 6.72. The summed E-state index contributed by atoms with van der Waals surface area (Å²) in [4.78, 5) is 0. The molecule has 0 unspecified atom stereocenters. The molecule has 1 heterocycles. The van der Waals surface area contributed by atoms with E-state index < -0.39 is 0 Å². The summed E-state index contributed by atoms with van der Waals surface area (Å²) in [5, 5.41) is 14.9. The number of rotatable bonds is 5. The summed E-state index contributed by atoms with van der Waals surface area (Å²) in [6.07, 6.45) is 0. The third kappa shape index (κ3) is 2.74. The molecule has 3 aromatic rings. The van der Waals surface area contributed by atoms with E-state index in [1.165, 1.54) is 16.3 Å². The Morgan fingerprint density at radius 2 is 1.65 bits per heavy atom. The predicted octanol–water partition coefficient (Wildman–Crippen LogP) is 3.21. The highest BCUT2D eigenvalue weighted by atomic mass is 16.4. The van der Waals surface area contributed by atoms with Crippen LogP contribution in [0.1, 0.15) is 17.1 Å². The van der Waals surface area contributed by atoms with E-state index in [2.05, 4.69) is 47.8 Å². The molecule has 0 fully saturated rings. The van der Waals surface area contributed by atoms with Crippen LogP contribution in [0.25, 0.3) is 10.8 Å². The lowest BCUT2D eigenvalue weighted by Crippen LogP contribution is -2.12. The van der Waals surface area contributed by atoms with Gasteiger partial charge in [0.15, 0.2) is 0 Å². The molecule has 0 aliphatic carbocycles. The minimum atomic E-state index is -0.0523. The van der Waals surface area contributed by atoms with E-state index in [1.807, 2.05) is 6.07 Å². The lowest BCUT2D eigenvalue weighted by molar-refractivity contribution is 0.242. The van der Waals surface area contributed by atoms with Gasteiger partial charge in [-0.25, -0.2) is 0 Å². The Bertz CT molecular complexity index is 698. The zero-order valence-electron chi connectivity index (χ0n) is 11.2. The number of fused-ring (bicyclic) bond motifs is 1. The minimum absolute atomic E-state index is 0.0523. The molecule has 3 heteroatoms. The van der Waals surface area contributed by atoms with Gasteiger partial charge in [-0.1, -0.05) is 42.5 Å². The van der Waals surface area contributed by atoms with E-state index in [9.17, 15) is 0 Å². The van der Waals surface area contributed by atoms with Gasteiger partial charge in [-0.3, -0.25) is 0 Å². The van der Waals surface area contributed by atoms with Crippen LogP contribution in [0, 0.1) is 0 Å². The van der Waals surface area contributed by atoms with Crippen molar-refractivity contribution in [1.82, 2.24) is 5.32 Å². The normalized spacial score (nSPS) is 11.1. The summed E-state index contributed by atoms with van der Waals surface area (Å²) in [5.74, 6) is 1.45. The van der Waals surface area contributed by atoms with Gasteiger partial charge in [0.1, 0.15) is 18.1 Å². The van der Waals surface area contributed by atoms with Crippen molar-refractivity contribution >= 4 is 10.8 Å². The standard InChI is InChI=1S/C17H17NO2/c19-12-16-9-8-15(20-16)11-18-10-14-6-3-5-13-4-1-2-7-17(13)14/h1-9,18-19H,10-12H2. The Labute approximate surface area is 117 Å². The van der Waals surface area contributed by atoms with Gasteiger partial charge in [-0.15, -0.1) is 0 Å². The molecule has 0 atom stereocenters. The van der Waals surface area contributed by atoms with Crippen LogP contribution < -0.4 is 5.32 Å². The Hall–Kier alpha value is -2.10. The van der Waals surface area contributed by atoms with Crippen molar-refractivity contribution in [2.45, 2.75) is 19.7 Å². The van der Waals surface area contributed by atoms with Crippen molar-refractivity contribution in [3.63, 3.8) is 0 Å². The maximum Gasteiger partial charge on any atom is 0.129 e. The second kappa shape index (κ2) is 5.90.